The van der Waals surface area contributed by atoms with Crippen LogP contribution in [0.5, 0.6) is 0 Å². The van der Waals surface area contributed by atoms with Crippen LogP contribution < -0.4 is 5.32 Å². The van der Waals surface area contributed by atoms with Gasteiger partial charge < -0.3 is 20.1 Å². The number of amides is 2. The first-order valence-corrected chi connectivity index (χ1v) is 6.87. The molecule has 20 heavy (non-hydrogen) atoms. The number of carbonyl (C=O) groups excluding carboxylic acids is 2. The molecule has 1 unspecified atom stereocenters. The number of nitrogens with zero attached hydrogens (tertiary/aromatic N) is 1. The fourth-order valence-electron chi connectivity index (χ4n) is 2.02. The number of ether oxygens (including phenoxy) is 1. The molecule has 1 rings (SSSR count). The number of nitrogens with one attached hydrogen (secondary N) is 1. The van der Waals surface area contributed by atoms with Crippen molar-refractivity contribution in [2.75, 3.05) is 26.2 Å². The van der Waals surface area contributed by atoms with Gasteiger partial charge in [0.1, 0.15) is 0 Å². The first kappa shape index (κ1) is 16.3. The molecule has 0 aromatic carbocycles. The Bertz CT molecular complexity index is 364. The summed E-state index contributed by atoms with van der Waals surface area (Å²) in [6.45, 7) is 4.74. The van der Waals surface area contributed by atoms with E-state index in [0.717, 1.165) is 0 Å². The topological polar surface area (TPSA) is 95.9 Å². The van der Waals surface area contributed by atoms with Gasteiger partial charge in [0.25, 0.3) is 0 Å². The molecule has 0 aromatic heterocycles. The van der Waals surface area contributed by atoms with Gasteiger partial charge in [-0.2, -0.15) is 0 Å². The van der Waals surface area contributed by atoms with E-state index in [-0.39, 0.29) is 24.5 Å². The second-order valence-corrected chi connectivity index (χ2v) is 4.94. The molecule has 1 atom stereocenters. The van der Waals surface area contributed by atoms with Gasteiger partial charge in [-0.3, -0.25) is 9.59 Å². The van der Waals surface area contributed by atoms with Crippen molar-refractivity contribution < 1.29 is 24.2 Å². The summed E-state index contributed by atoms with van der Waals surface area (Å²) in [6, 6.07) is -0.277. The lowest BCUT2D eigenvalue weighted by Crippen LogP contribution is -2.47. The van der Waals surface area contributed by atoms with Crippen LogP contribution >= 0.6 is 0 Å². The van der Waals surface area contributed by atoms with E-state index < -0.39 is 11.9 Å². The number of urea groups is 1. The van der Waals surface area contributed by atoms with Gasteiger partial charge >= 0.3 is 18.0 Å². The van der Waals surface area contributed by atoms with Gasteiger partial charge in [0, 0.05) is 19.6 Å². The summed E-state index contributed by atoms with van der Waals surface area (Å²) in [7, 11) is 0. The molecule has 1 aliphatic rings. The Morgan fingerprint density at radius 3 is 2.45 bits per heavy atom. The van der Waals surface area contributed by atoms with Crippen molar-refractivity contribution >= 4 is 18.0 Å². The van der Waals surface area contributed by atoms with Crippen molar-refractivity contribution in [1.29, 1.82) is 0 Å². The molecule has 1 heterocycles. The van der Waals surface area contributed by atoms with Crippen molar-refractivity contribution in [2.45, 2.75) is 26.7 Å². The number of esters is 1. The fraction of sp³-hybridized carbons (Fsp3) is 0.769. The minimum Gasteiger partial charge on any atom is -0.481 e. The van der Waals surface area contributed by atoms with Crippen molar-refractivity contribution in [2.24, 2.45) is 11.8 Å². The number of carbonyl (C=O) groups is 3. The van der Waals surface area contributed by atoms with Gasteiger partial charge in [0.05, 0.1) is 18.4 Å². The van der Waals surface area contributed by atoms with Crippen LogP contribution in [-0.2, 0) is 14.3 Å². The maximum atomic E-state index is 11.8. The highest BCUT2D eigenvalue weighted by Gasteiger charge is 2.28. The van der Waals surface area contributed by atoms with Gasteiger partial charge in [0.2, 0.25) is 0 Å². The zero-order valence-electron chi connectivity index (χ0n) is 11.9. The van der Waals surface area contributed by atoms with Crippen LogP contribution in [0.3, 0.4) is 0 Å². The molecule has 0 aliphatic carbocycles. The van der Waals surface area contributed by atoms with E-state index in [1.807, 2.05) is 0 Å². The lowest BCUT2D eigenvalue weighted by molar-refractivity contribution is -0.149. The Labute approximate surface area is 118 Å². The van der Waals surface area contributed by atoms with Gasteiger partial charge in [-0.1, -0.05) is 6.92 Å². The fourth-order valence-corrected chi connectivity index (χ4v) is 2.02. The molecule has 0 radical (unpaired) electrons. The maximum Gasteiger partial charge on any atom is 0.317 e. The average Bonchev–Trinajstić information content (AvgIpc) is 2.44. The second kappa shape index (κ2) is 7.72. The van der Waals surface area contributed by atoms with Crippen LogP contribution in [-0.4, -0.2) is 54.2 Å². The van der Waals surface area contributed by atoms with E-state index in [9.17, 15) is 14.4 Å². The Morgan fingerprint density at radius 2 is 1.95 bits per heavy atom. The molecular formula is C13H22N2O5. The predicted octanol–water partition coefficient (Wildman–Crippen LogP) is 0.692. The summed E-state index contributed by atoms with van der Waals surface area (Å²) in [5, 5.41) is 11.3. The predicted molar refractivity (Wildman–Crippen MR) is 71.1 cm³/mol. The third-order valence-corrected chi connectivity index (χ3v) is 3.38. The average molecular weight is 286 g/mol. The molecule has 0 bridgehead atoms. The summed E-state index contributed by atoms with van der Waals surface area (Å²) in [4.78, 5) is 35.6. The molecule has 1 aliphatic heterocycles. The molecular weight excluding hydrogens is 264 g/mol. The van der Waals surface area contributed by atoms with E-state index in [1.54, 1.807) is 11.8 Å². The summed E-state index contributed by atoms with van der Waals surface area (Å²) < 4.78 is 4.96. The molecule has 2 N–H and O–H groups in total. The zero-order valence-corrected chi connectivity index (χ0v) is 11.9. The zero-order chi connectivity index (χ0) is 15.1. The molecule has 114 valence electrons. The summed E-state index contributed by atoms with van der Waals surface area (Å²) in [5.41, 5.74) is 0. The van der Waals surface area contributed by atoms with E-state index in [1.165, 1.54) is 6.92 Å². The number of piperidine rings is 1. The van der Waals surface area contributed by atoms with Crippen molar-refractivity contribution in [3.63, 3.8) is 0 Å². The van der Waals surface area contributed by atoms with E-state index >= 15 is 0 Å². The molecule has 0 spiro atoms. The maximum absolute atomic E-state index is 11.8. The van der Waals surface area contributed by atoms with E-state index in [2.05, 4.69) is 5.32 Å². The van der Waals surface area contributed by atoms with Crippen LogP contribution in [0.1, 0.15) is 26.7 Å². The molecule has 0 saturated carbocycles. The summed E-state index contributed by atoms with van der Waals surface area (Å²) >= 11 is 0. The molecule has 7 heteroatoms. The number of likely N-dealkylation sites (tertiary alicyclic amines) is 1. The Hall–Kier alpha value is -1.79. The third-order valence-electron chi connectivity index (χ3n) is 3.38. The molecule has 1 fully saturated rings. The van der Waals surface area contributed by atoms with Crippen LogP contribution in [0, 0.1) is 11.8 Å². The Balaban J connectivity index is 2.32. The molecule has 0 aromatic rings. The van der Waals surface area contributed by atoms with Crippen LogP contribution in [0.15, 0.2) is 0 Å². The standard InChI is InChI=1S/C13H22N2O5/c1-3-20-12(18)10-4-6-15(7-5-10)13(19)14-8-9(2)11(16)17/h9-10H,3-8H2,1-2H3,(H,14,19)(H,16,17). The third kappa shape index (κ3) is 4.71. The second-order valence-electron chi connectivity index (χ2n) is 4.94. The highest BCUT2D eigenvalue weighted by atomic mass is 16.5. The summed E-state index contributed by atoms with van der Waals surface area (Å²) in [5.74, 6) is -1.90. The van der Waals surface area contributed by atoms with Crippen molar-refractivity contribution in [1.82, 2.24) is 10.2 Å². The number of hydrogen-bond acceptors (Lipinski definition) is 4. The summed E-state index contributed by atoms with van der Waals surface area (Å²) in [6.07, 6.45) is 1.17. The highest BCUT2D eigenvalue weighted by Crippen LogP contribution is 2.18. The number of carboxylic acids is 1. The highest BCUT2D eigenvalue weighted by molar-refractivity contribution is 5.77. The van der Waals surface area contributed by atoms with Crippen molar-refractivity contribution in [3.05, 3.63) is 0 Å². The first-order chi connectivity index (χ1) is 9.45. The van der Waals surface area contributed by atoms with Gasteiger partial charge in [-0.25, -0.2) is 4.79 Å². The number of hydrogen-bond donors (Lipinski definition) is 2. The minimum atomic E-state index is -0.939. The monoisotopic (exact) mass is 286 g/mol. The van der Waals surface area contributed by atoms with Gasteiger partial charge in [-0.05, 0) is 19.8 Å². The molecule has 7 nitrogen and oxygen atoms in total. The molecule has 2 amide bonds. The van der Waals surface area contributed by atoms with Crippen LogP contribution in [0.25, 0.3) is 0 Å². The lowest BCUT2D eigenvalue weighted by Gasteiger charge is -2.31. The quantitative estimate of drug-likeness (QED) is 0.725. The Morgan fingerprint density at radius 1 is 1.35 bits per heavy atom. The number of rotatable bonds is 5. The minimum absolute atomic E-state index is 0.103. The first-order valence-electron chi connectivity index (χ1n) is 6.87. The van der Waals surface area contributed by atoms with Gasteiger partial charge in [0.15, 0.2) is 0 Å². The van der Waals surface area contributed by atoms with E-state index in [4.69, 9.17) is 9.84 Å². The van der Waals surface area contributed by atoms with Crippen molar-refractivity contribution in [3.8, 4) is 0 Å². The SMILES string of the molecule is CCOC(=O)C1CCN(C(=O)NCC(C)C(=O)O)CC1. The van der Waals surface area contributed by atoms with Crippen LogP contribution in [0.2, 0.25) is 0 Å². The molecule has 1 saturated heterocycles. The number of aliphatic carboxylic acids is 1. The smallest absolute Gasteiger partial charge is 0.317 e. The Kier molecular flexibility index (Phi) is 6.27. The van der Waals surface area contributed by atoms with E-state index in [0.29, 0.717) is 32.5 Å². The lowest BCUT2D eigenvalue weighted by atomic mass is 9.97. The number of carboxylic acid groups (broad SMARTS) is 1. The normalized spacial score (nSPS) is 17.4. The largest absolute Gasteiger partial charge is 0.481 e. The van der Waals surface area contributed by atoms with Gasteiger partial charge in [-0.15, -0.1) is 0 Å². The van der Waals surface area contributed by atoms with Crippen LogP contribution in [0.4, 0.5) is 4.79 Å².